The minimum atomic E-state index is -0.137. The van der Waals surface area contributed by atoms with E-state index in [1.807, 2.05) is 59.5 Å². The molecular weight excluding hydrogens is 454 g/mol. The third kappa shape index (κ3) is 4.45. The van der Waals surface area contributed by atoms with Crippen LogP contribution in [0.5, 0.6) is 5.75 Å². The summed E-state index contributed by atoms with van der Waals surface area (Å²) in [5.41, 5.74) is 7.35. The first kappa shape index (κ1) is 21.9. The van der Waals surface area contributed by atoms with E-state index < -0.39 is 0 Å². The average molecular weight is 476 g/mol. The molecule has 1 fully saturated rings. The number of nitrogens with zero attached hydrogens (tertiary/aromatic N) is 4. The summed E-state index contributed by atoms with van der Waals surface area (Å²) < 4.78 is 14.8. The molecule has 4 aromatic rings. The quantitative estimate of drug-likeness (QED) is 0.243. The smallest absolute Gasteiger partial charge is 0.249 e. The summed E-state index contributed by atoms with van der Waals surface area (Å²) in [6.45, 7) is 0.720. The Morgan fingerprint density at radius 3 is 2.76 bits per heavy atom. The van der Waals surface area contributed by atoms with Gasteiger partial charge in [0.15, 0.2) is 12.4 Å². The van der Waals surface area contributed by atoms with Gasteiger partial charge in [0, 0.05) is 29.4 Å². The lowest BCUT2D eigenvalue weighted by molar-refractivity contribution is 0.0921. The molecule has 9 heteroatoms. The van der Waals surface area contributed by atoms with Crippen molar-refractivity contribution in [3.8, 4) is 17.1 Å². The van der Waals surface area contributed by atoms with E-state index in [2.05, 4.69) is 14.7 Å². The number of benzene rings is 3. The number of Topliss-reactive ketones (excluding diaryl/α,β-unsaturated/α-hetero) is 1. The van der Waals surface area contributed by atoms with Gasteiger partial charge in [0.2, 0.25) is 17.7 Å². The summed E-state index contributed by atoms with van der Waals surface area (Å²) in [6, 6.07) is 20.5. The lowest BCUT2D eigenvalue weighted by Gasteiger charge is -2.21. The molecule has 1 aromatic heterocycles. The van der Waals surface area contributed by atoms with Crippen molar-refractivity contribution < 1.29 is 14.1 Å². The van der Waals surface area contributed by atoms with Gasteiger partial charge < -0.3 is 19.9 Å². The summed E-state index contributed by atoms with van der Waals surface area (Å²) >= 11 is 5.54. The first-order valence-corrected chi connectivity index (χ1v) is 11.3. The van der Waals surface area contributed by atoms with E-state index in [0.29, 0.717) is 23.0 Å². The molecule has 0 unspecified atom stereocenters. The van der Waals surface area contributed by atoms with Crippen LogP contribution in [-0.2, 0) is 0 Å². The van der Waals surface area contributed by atoms with Crippen LogP contribution in [0.2, 0.25) is 0 Å². The Morgan fingerprint density at radius 1 is 1.15 bits per heavy atom. The Kier molecular flexibility index (Phi) is 6.14. The summed E-state index contributed by atoms with van der Waals surface area (Å²) in [5.74, 6) is 1.80. The number of carbonyl (C=O) groups excluding carboxylic acids is 1. The van der Waals surface area contributed by atoms with E-state index in [-0.39, 0.29) is 24.4 Å². The predicted octanol–water partition coefficient (Wildman–Crippen LogP) is 4.76. The van der Waals surface area contributed by atoms with Crippen LogP contribution in [0.25, 0.3) is 22.2 Å². The standard InChI is InChI=1S/C25H22ClN5O3/c26-29-25(27)31-12-4-7-21(31)24-28-23(30-34-24)19-9-8-18-14-20(11-10-17(18)13-19)33-15-22(32)16-5-2-1-3-6-16/h1-3,5-6,8-11,13-14,21H,4,7,12,15H2,(H2,27,29)/t21-/m0/s1. The molecule has 2 N–H and O–H groups in total. The molecule has 5 rings (SSSR count). The van der Waals surface area contributed by atoms with Gasteiger partial charge in [-0.1, -0.05) is 53.7 Å². The third-order valence-corrected chi connectivity index (χ3v) is 6.07. The van der Waals surface area contributed by atoms with Crippen LogP contribution in [0.4, 0.5) is 0 Å². The average Bonchev–Trinajstić information content (AvgIpc) is 3.57. The molecule has 34 heavy (non-hydrogen) atoms. The molecule has 1 aliphatic heterocycles. The van der Waals surface area contributed by atoms with Gasteiger partial charge in [-0.05, 0) is 41.8 Å². The van der Waals surface area contributed by atoms with Crippen molar-refractivity contribution in [2.24, 2.45) is 10.2 Å². The van der Waals surface area contributed by atoms with Gasteiger partial charge in [-0.2, -0.15) is 4.98 Å². The second-order valence-electron chi connectivity index (χ2n) is 8.05. The Morgan fingerprint density at radius 2 is 1.94 bits per heavy atom. The van der Waals surface area contributed by atoms with Crippen LogP contribution in [-0.4, -0.2) is 39.9 Å². The predicted molar refractivity (Wildman–Crippen MR) is 130 cm³/mol. The molecule has 1 saturated heterocycles. The van der Waals surface area contributed by atoms with Crippen LogP contribution in [0.1, 0.15) is 35.1 Å². The number of likely N-dealkylation sites (tertiary alicyclic amines) is 1. The summed E-state index contributed by atoms with van der Waals surface area (Å²) in [5, 5.41) is 6.13. The number of hydrogen-bond donors (Lipinski definition) is 1. The van der Waals surface area contributed by atoms with E-state index in [1.165, 1.54) is 0 Å². The second kappa shape index (κ2) is 9.52. The molecule has 172 valence electrons. The van der Waals surface area contributed by atoms with E-state index in [0.717, 1.165) is 35.7 Å². The molecular formula is C25H22ClN5O3. The number of carbonyl (C=O) groups is 1. The van der Waals surface area contributed by atoms with Crippen LogP contribution in [0, 0.1) is 0 Å². The van der Waals surface area contributed by atoms with Gasteiger partial charge in [-0.3, -0.25) is 4.79 Å². The zero-order valence-electron chi connectivity index (χ0n) is 18.2. The lowest BCUT2D eigenvalue weighted by Crippen LogP contribution is -2.36. The Labute approximate surface area is 201 Å². The van der Waals surface area contributed by atoms with E-state index >= 15 is 0 Å². The van der Waals surface area contributed by atoms with Gasteiger partial charge in [-0.15, -0.1) is 4.51 Å². The number of ketones is 1. The monoisotopic (exact) mass is 475 g/mol. The van der Waals surface area contributed by atoms with Gasteiger partial charge >= 0.3 is 0 Å². The lowest BCUT2D eigenvalue weighted by atomic mass is 10.1. The highest BCUT2D eigenvalue weighted by atomic mass is 35.5. The minimum Gasteiger partial charge on any atom is -0.485 e. The molecule has 0 spiro atoms. The number of nitrogens with two attached hydrogens (primary N) is 1. The fourth-order valence-corrected chi connectivity index (χ4v) is 4.24. The number of halogens is 1. The maximum atomic E-state index is 12.3. The molecule has 1 aliphatic rings. The molecule has 0 saturated carbocycles. The molecule has 3 aromatic carbocycles. The normalized spacial score (nSPS) is 16.2. The Bertz CT molecular complexity index is 1360. The molecule has 1 atom stereocenters. The summed E-state index contributed by atoms with van der Waals surface area (Å²) in [6.07, 6.45) is 1.77. The van der Waals surface area contributed by atoms with Crippen LogP contribution < -0.4 is 10.5 Å². The summed E-state index contributed by atoms with van der Waals surface area (Å²) in [7, 11) is 0. The topological polar surface area (TPSA) is 107 Å². The molecule has 0 radical (unpaired) electrons. The van der Waals surface area contributed by atoms with Crippen molar-refractivity contribution in [2.75, 3.05) is 13.2 Å². The molecule has 2 heterocycles. The highest BCUT2D eigenvalue weighted by Gasteiger charge is 2.32. The first-order valence-electron chi connectivity index (χ1n) is 10.9. The summed E-state index contributed by atoms with van der Waals surface area (Å²) in [4.78, 5) is 18.8. The fraction of sp³-hybridized carbons (Fsp3) is 0.200. The van der Waals surface area contributed by atoms with E-state index in [1.54, 1.807) is 12.1 Å². The maximum Gasteiger partial charge on any atom is 0.249 e. The largest absolute Gasteiger partial charge is 0.485 e. The first-order chi connectivity index (χ1) is 16.6. The minimum absolute atomic E-state index is 0.0175. The highest BCUT2D eigenvalue weighted by molar-refractivity contribution is 6.19. The van der Waals surface area contributed by atoms with E-state index in [4.69, 9.17) is 26.8 Å². The van der Waals surface area contributed by atoms with Crippen molar-refractivity contribution in [1.82, 2.24) is 15.0 Å². The number of fused-ring (bicyclic) bond motifs is 1. The molecule has 0 bridgehead atoms. The van der Waals surface area contributed by atoms with Crippen LogP contribution in [0.3, 0.4) is 0 Å². The molecule has 8 nitrogen and oxygen atoms in total. The van der Waals surface area contributed by atoms with Crippen molar-refractivity contribution >= 4 is 34.3 Å². The number of aromatic nitrogens is 2. The second-order valence-corrected chi connectivity index (χ2v) is 8.22. The van der Waals surface area contributed by atoms with Crippen LogP contribution >= 0.6 is 11.8 Å². The Balaban J connectivity index is 1.31. The maximum absolute atomic E-state index is 12.3. The Hall–Kier alpha value is -3.91. The zero-order chi connectivity index (χ0) is 23.5. The van der Waals surface area contributed by atoms with Crippen molar-refractivity contribution in [3.05, 3.63) is 78.2 Å². The number of rotatable bonds is 6. The molecule has 0 amide bonds. The van der Waals surface area contributed by atoms with Gasteiger partial charge in [0.1, 0.15) is 11.8 Å². The van der Waals surface area contributed by atoms with Crippen molar-refractivity contribution in [2.45, 2.75) is 18.9 Å². The highest BCUT2D eigenvalue weighted by Crippen LogP contribution is 2.32. The zero-order valence-corrected chi connectivity index (χ0v) is 19.0. The number of hydrogen-bond acceptors (Lipinski definition) is 6. The number of ether oxygens (including phenoxy) is 1. The fourth-order valence-electron chi connectivity index (χ4n) is 4.14. The van der Waals surface area contributed by atoms with E-state index in [9.17, 15) is 4.79 Å². The van der Waals surface area contributed by atoms with Gasteiger partial charge in [-0.25, -0.2) is 0 Å². The van der Waals surface area contributed by atoms with Crippen molar-refractivity contribution in [3.63, 3.8) is 0 Å². The van der Waals surface area contributed by atoms with Gasteiger partial charge in [0.25, 0.3) is 0 Å². The number of guanidine groups is 1. The van der Waals surface area contributed by atoms with Crippen LogP contribution in [0.15, 0.2) is 75.8 Å². The third-order valence-electron chi connectivity index (χ3n) is 5.90. The SMILES string of the molecule is N/C(=N/Cl)N1CCC[C@H]1c1nc(-c2ccc3cc(OCC(=O)c4ccccc4)ccc3c2)no1. The van der Waals surface area contributed by atoms with Gasteiger partial charge in [0.05, 0.1) is 0 Å². The molecule has 0 aliphatic carbocycles. The van der Waals surface area contributed by atoms with Crippen molar-refractivity contribution in [1.29, 1.82) is 0 Å².